The normalized spacial score (nSPS) is 14.2. The lowest BCUT2D eigenvalue weighted by Crippen LogP contribution is -2.55. The summed E-state index contributed by atoms with van der Waals surface area (Å²) in [5, 5.41) is 14.5. The summed E-state index contributed by atoms with van der Waals surface area (Å²) >= 11 is 0. The summed E-state index contributed by atoms with van der Waals surface area (Å²) in [7, 11) is 0. The molecule has 0 spiro atoms. The van der Waals surface area contributed by atoms with Crippen LogP contribution in [0.2, 0.25) is 0 Å². The first-order valence-electron chi connectivity index (χ1n) is 9.58. The number of hydrogen-bond donors (Lipinski definition) is 6. The van der Waals surface area contributed by atoms with E-state index in [0.29, 0.717) is 19.3 Å². The van der Waals surface area contributed by atoms with Gasteiger partial charge in [-0.25, -0.2) is 4.79 Å². The summed E-state index contributed by atoms with van der Waals surface area (Å²) in [6.45, 7) is 7.98. The Morgan fingerprint density at radius 3 is 1.93 bits per heavy atom. The molecule has 0 saturated heterocycles. The lowest BCUT2D eigenvalue weighted by atomic mass is 10.00. The van der Waals surface area contributed by atoms with Crippen molar-refractivity contribution >= 4 is 23.7 Å². The first kappa shape index (κ1) is 25.6. The summed E-state index contributed by atoms with van der Waals surface area (Å²) in [6, 6.07) is -2.68. The van der Waals surface area contributed by atoms with Crippen molar-refractivity contribution in [2.45, 2.75) is 71.5 Å². The van der Waals surface area contributed by atoms with Gasteiger partial charge in [0.25, 0.3) is 0 Å². The maximum absolute atomic E-state index is 12.6. The minimum absolute atomic E-state index is 0.0756. The molecular weight excluding hydrogens is 364 g/mol. The molecule has 0 heterocycles. The molecule has 0 aliphatic carbocycles. The number of nitrogens with two attached hydrogens (primary N) is 3. The molecule has 0 rings (SSSR count). The van der Waals surface area contributed by atoms with Gasteiger partial charge in [-0.2, -0.15) is 0 Å². The molecule has 0 bridgehead atoms. The van der Waals surface area contributed by atoms with Crippen LogP contribution in [-0.2, 0) is 14.4 Å². The number of nitrogens with zero attached hydrogens (tertiary/aromatic N) is 1. The minimum Gasteiger partial charge on any atom is -0.480 e. The average Bonchev–Trinajstić information content (AvgIpc) is 2.55. The van der Waals surface area contributed by atoms with Crippen molar-refractivity contribution in [3.63, 3.8) is 0 Å². The zero-order valence-corrected chi connectivity index (χ0v) is 17.3. The van der Waals surface area contributed by atoms with Crippen LogP contribution in [0.3, 0.4) is 0 Å². The number of hydrogen-bond acceptors (Lipinski definition) is 5. The number of carboxylic acids is 1. The number of carbonyl (C=O) groups is 3. The van der Waals surface area contributed by atoms with Crippen LogP contribution in [0, 0.1) is 11.8 Å². The van der Waals surface area contributed by atoms with Crippen molar-refractivity contribution in [2.75, 3.05) is 6.54 Å². The Bertz CT molecular complexity index is 546. The first-order chi connectivity index (χ1) is 12.9. The Morgan fingerprint density at radius 1 is 0.929 bits per heavy atom. The number of aliphatic imine (C=N–C) groups is 1. The number of carboxylic acid groups (broad SMARTS) is 1. The van der Waals surface area contributed by atoms with E-state index in [0.717, 1.165) is 0 Å². The van der Waals surface area contributed by atoms with E-state index in [1.807, 2.05) is 27.7 Å². The monoisotopic (exact) mass is 400 g/mol. The van der Waals surface area contributed by atoms with E-state index in [9.17, 15) is 19.5 Å². The average molecular weight is 401 g/mol. The third-order valence-electron chi connectivity index (χ3n) is 3.96. The molecule has 0 aromatic rings. The SMILES string of the molecule is CC(C)C[C@H](NC(=O)[C@@H](N)CC(C)C)C(=O)N[C@@H](CCCN=C(N)N)C(=O)O. The molecule has 0 aliphatic heterocycles. The molecule has 162 valence electrons. The summed E-state index contributed by atoms with van der Waals surface area (Å²) in [6.07, 6.45) is 1.40. The molecule has 0 saturated carbocycles. The highest BCUT2D eigenvalue weighted by molar-refractivity contribution is 5.91. The molecule has 0 fully saturated rings. The van der Waals surface area contributed by atoms with Crippen LogP contribution in [0.5, 0.6) is 0 Å². The highest BCUT2D eigenvalue weighted by Crippen LogP contribution is 2.09. The summed E-state index contributed by atoms with van der Waals surface area (Å²) in [5.74, 6) is -1.86. The molecule has 10 heteroatoms. The minimum atomic E-state index is -1.16. The van der Waals surface area contributed by atoms with Crippen LogP contribution in [0.4, 0.5) is 0 Å². The largest absolute Gasteiger partial charge is 0.480 e. The third-order valence-corrected chi connectivity index (χ3v) is 3.96. The fraction of sp³-hybridized carbons (Fsp3) is 0.778. The quantitative estimate of drug-likeness (QED) is 0.137. The standard InChI is InChI=1S/C18H36N6O4/c1-10(2)8-12(19)15(25)24-14(9-11(3)4)16(26)23-13(17(27)28)6-5-7-22-18(20)21/h10-14H,5-9,19H2,1-4H3,(H,23,26)(H,24,25)(H,27,28)(H4,20,21,22)/t12-,13-,14-/m0/s1. The number of amides is 2. The van der Waals surface area contributed by atoms with Crippen molar-refractivity contribution in [3.05, 3.63) is 0 Å². The fourth-order valence-corrected chi connectivity index (χ4v) is 2.63. The van der Waals surface area contributed by atoms with Gasteiger partial charge in [-0.05, 0) is 37.5 Å². The van der Waals surface area contributed by atoms with Gasteiger partial charge in [0.05, 0.1) is 6.04 Å². The molecule has 0 radical (unpaired) electrons. The van der Waals surface area contributed by atoms with Crippen LogP contribution in [0.1, 0.15) is 53.4 Å². The zero-order valence-electron chi connectivity index (χ0n) is 17.3. The summed E-state index contributed by atoms with van der Waals surface area (Å²) in [5.41, 5.74) is 16.3. The molecule has 2 amide bonds. The van der Waals surface area contributed by atoms with E-state index in [-0.39, 0.29) is 30.8 Å². The zero-order chi connectivity index (χ0) is 21.9. The predicted molar refractivity (Wildman–Crippen MR) is 108 cm³/mol. The van der Waals surface area contributed by atoms with E-state index >= 15 is 0 Å². The predicted octanol–water partition coefficient (Wildman–Crippen LogP) is -0.486. The second-order valence-corrected chi connectivity index (χ2v) is 7.77. The van der Waals surface area contributed by atoms with E-state index in [2.05, 4.69) is 15.6 Å². The van der Waals surface area contributed by atoms with Crippen molar-refractivity contribution in [2.24, 2.45) is 34.0 Å². The van der Waals surface area contributed by atoms with Gasteiger partial charge in [-0.15, -0.1) is 0 Å². The van der Waals surface area contributed by atoms with Gasteiger partial charge in [-0.1, -0.05) is 27.7 Å². The second-order valence-electron chi connectivity index (χ2n) is 7.77. The molecule has 28 heavy (non-hydrogen) atoms. The van der Waals surface area contributed by atoms with E-state index < -0.39 is 35.9 Å². The van der Waals surface area contributed by atoms with E-state index in [1.165, 1.54) is 0 Å². The second kappa shape index (κ2) is 12.9. The smallest absolute Gasteiger partial charge is 0.326 e. The summed E-state index contributed by atoms with van der Waals surface area (Å²) in [4.78, 5) is 40.2. The Kier molecular flexibility index (Phi) is 11.8. The number of aliphatic carboxylic acids is 1. The molecule has 9 N–H and O–H groups in total. The van der Waals surface area contributed by atoms with Crippen LogP contribution in [0.25, 0.3) is 0 Å². The molecular formula is C18H36N6O4. The summed E-state index contributed by atoms with van der Waals surface area (Å²) < 4.78 is 0. The van der Waals surface area contributed by atoms with E-state index in [4.69, 9.17) is 17.2 Å². The lowest BCUT2D eigenvalue weighted by Gasteiger charge is -2.24. The van der Waals surface area contributed by atoms with Crippen molar-refractivity contribution in [3.8, 4) is 0 Å². The number of carbonyl (C=O) groups excluding carboxylic acids is 2. The fourth-order valence-electron chi connectivity index (χ4n) is 2.63. The van der Waals surface area contributed by atoms with Gasteiger partial charge in [0.2, 0.25) is 11.8 Å². The highest BCUT2D eigenvalue weighted by Gasteiger charge is 2.28. The van der Waals surface area contributed by atoms with Gasteiger partial charge in [-0.3, -0.25) is 14.6 Å². The molecule has 0 aromatic carbocycles. The molecule has 3 atom stereocenters. The Balaban J connectivity index is 4.97. The van der Waals surface area contributed by atoms with Crippen LogP contribution < -0.4 is 27.8 Å². The van der Waals surface area contributed by atoms with Gasteiger partial charge in [0, 0.05) is 6.54 Å². The molecule has 0 aliphatic rings. The topological polar surface area (TPSA) is 186 Å². The lowest BCUT2D eigenvalue weighted by molar-refractivity contribution is -0.142. The Labute approximate surface area is 166 Å². The molecule has 0 unspecified atom stereocenters. The number of nitrogens with one attached hydrogen (secondary N) is 2. The van der Waals surface area contributed by atoms with Crippen LogP contribution in [-0.4, -0.2) is 53.5 Å². The van der Waals surface area contributed by atoms with Gasteiger partial charge < -0.3 is 32.9 Å². The van der Waals surface area contributed by atoms with Crippen molar-refractivity contribution in [1.82, 2.24) is 10.6 Å². The first-order valence-corrected chi connectivity index (χ1v) is 9.58. The van der Waals surface area contributed by atoms with Gasteiger partial charge >= 0.3 is 5.97 Å². The highest BCUT2D eigenvalue weighted by atomic mass is 16.4. The third kappa shape index (κ3) is 11.4. The Hall–Kier alpha value is -2.36. The van der Waals surface area contributed by atoms with Gasteiger partial charge in [0.1, 0.15) is 12.1 Å². The number of guanidine groups is 1. The van der Waals surface area contributed by atoms with Crippen molar-refractivity contribution < 1.29 is 19.5 Å². The maximum atomic E-state index is 12.6. The van der Waals surface area contributed by atoms with Crippen molar-refractivity contribution in [1.29, 1.82) is 0 Å². The maximum Gasteiger partial charge on any atom is 0.326 e. The number of rotatable bonds is 13. The Morgan fingerprint density at radius 2 is 1.46 bits per heavy atom. The van der Waals surface area contributed by atoms with E-state index in [1.54, 1.807) is 0 Å². The van der Waals surface area contributed by atoms with Crippen LogP contribution >= 0.6 is 0 Å². The molecule has 0 aromatic heterocycles. The van der Waals surface area contributed by atoms with Gasteiger partial charge in [0.15, 0.2) is 5.96 Å². The molecule has 10 nitrogen and oxygen atoms in total. The van der Waals surface area contributed by atoms with Crippen LogP contribution in [0.15, 0.2) is 4.99 Å².